The van der Waals surface area contributed by atoms with Crippen molar-refractivity contribution in [1.29, 1.82) is 0 Å². The van der Waals surface area contributed by atoms with Crippen LogP contribution >= 0.6 is 0 Å². The number of fused-ring (bicyclic) bond motifs is 3. The summed E-state index contributed by atoms with van der Waals surface area (Å²) in [5, 5.41) is 0. The molecule has 3 nitrogen and oxygen atoms in total. The molecule has 2 heterocycles. The first-order valence-corrected chi connectivity index (χ1v) is 4.71. The van der Waals surface area contributed by atoms with Crippen LogP contribution in [0.4, 0.5) is 11.4 Å². The predicted octanol–water partition coefficient (Wildman–Crippen LogP) is 1.83. The summed E-state index contributed by atoms with van der Waals surface area (Å²) < 4.78 is 0. The second-order valence-electron chi connectivity index (χ2n) is 3.47. The van der Waals surface area contributed by atoms with Gasteiger partial charge in [-0.15, -0.1) is 0 Å². The number of hydrogen-bond acceptors (Lipinski definition) is 3. The average molecular weight is 185 g/mol. The maximum Gasteiger partial charge on any atom is 0.210 e. The van der Waals surface area contributed by atoms with Gasteiger partial charge in [-0.05, 0) is 18.2 Å². The number of para-hydroxylation sites is 2. The molecule has 0 fully saturated rings. The maximum atomic E-state index is 4.38. The van der Waals surface area contributed by atoms with Gasteiger partial charge >= 0.3 is 0 Å². The quantitative estimate of drug-likeness (QED) is 0.614. The smallest absolute Gasteiger partial charge is 0.210 e. The zero-order valence-corrected chi connectivity index (χ0v) is 8.01. The first-order valence-electron chi connectivity index (χ1n) is 4.71. The molecule has 0 unspecified atom stereocenters. The van der Waals surface area contributed by atoms with Gasteiger partial charge in [0.25, 0.3) is 0 Å². The Morgan fingerprint density at radius 2 is 2.00 bits per heavy atom. The van der Waals surface area contributed by atoms with Gasteiger partial charge < -0.3 is 9.80 Å². The first-order chi connectivity index (χ1) is 6.88. The molecule has 0 atom stereocenters. The van der Waals surface area contributed by atoms with Gasteiger partial charge in [0.05, 0.1) is 11.4 Å². The minimum atomic E-state index is 0.917. The third-order valence-corrected chi connectivity index (χ3v) is 2.66. The highest BCUT2D eigenvalue weighted by molar-refractivity contribution is 6.16. The molecule has 3 rings (SSSR count). The zero-order chi connectivity index (χ0) is 9.54. The van der Waals surface area contributed by atoms with Gasteiger partial charge in [-0.2, -0.15) is 0 Å². The molecular formula is C11H11N3. The minimum Gasteiger partial charge on any atom is -0.313 e. The molecule has 0 radical (unpaired) electrons. The minimum absolute atomic E-state index is 0.917. The lowest BCUT2D eigenvalue weighted by atomic mass is 10.2. The summed E-state index contributed by atoms with van der Waals surface area (Å²) in [4.78, 5) is 8.72. The van der Waals surface area contributed by atoms with Gasteiger partial charge in [0, 0.05) is 19.8 Å². The fourth-order valence-electron chi connectivity index (χ4n) is 1.98. The van der Waals surface area contributed by atoms with E-state index < -0.39 is 0 Å². The van der Waals surface area contributed by atoms with Crippen molar-refractivity contribution >= 4 is 17.3 Å². The number of anilines is 2. The molecule has 0 bridgehead atoms. The third-order valence-electron chi connectivity index (χ3n) is 2.66. The van der Waals surface area contributed by atoms with Crippen LogP contribution in [0.25, 0.3) is 0 Å². The van der Waals surface area contributed by atoms with E-state index in [0.29, 0.717) is 0 Å². The molecule has 1 aromatic rings. The Balaban J connectivity index is 2.19. The molecular weight excluding hydrogens is 174 g/mol. The van der Waals surface area contributed by atoms with E-state index in [4.69, 9.17) is 0 Å². The van der Waals surface area contributed by atoms with Gasteiger partial charge in [0.15, 0.2) is 0 Å². The molecule has 0 aromatic heterocycles. The van der Waals surface area contributed by atoms with E-state index in [2.05, 4.69) is 52.2 Å². The lowest BCUT2D eigenvalue weighted by molar-refractivity contribution is 1.10. The molecule has 2 aliphatic heterocycles. The summed E-state index contributed by atoms with van der Waals surface area (Å²) >= 11 is 0. The van der Waals surface area contributed by atoms with E-state index in [9.17, 15) is 0 Å². The summed E-state index contributed by atoms with van der Waals surface area (Å²) in [5.74, 6) is 1.02. The normalized spacial score (nSPS) is 17.9. The fourth-order valence-corrected chi connectivity index (χ4v) is 1.98. The molecule has 1 aromatic carbocycles. The molecule has 14 heavy (non-hydrogen) atoms. The Bertz CT molecular complexity index is 434. The average Bonchev–Trinajstić information content (AvgIpc) is 2.55. The Hall–Kier alpha value is -1.77. The van der Waals surface area contributed by atoms with Crippen molar-refractivity contribution in [2.75, 3.05) is 23.4 Å². The van der Waals surface area contributed by atoms with Crippen molar-refractivity contribution in [3.8, 4) is 0 Å². The number of guanidine groups is 1. The summed E-state index contributed by atoms with van der Waals surface area (Å²) in [6.45, 7) is 0.917. The molecule has 0 spiro atoms. The number of hydrogen-bond donors (Lipinski definition) is 0. The highest BCUT2D eigenvalue weighted by Crippen LogP contribution is 2.36. The highest BCUT2D eigenvalue weighted by atomic mass is 15.4. The Morgan fingerprint density at radius 3 is 2.86 bits per heavy atom. The number of aliphatic imine (C=N–C) groups is 1. The molecule has 0 aliphatic carbocycles. The Morgan fingerprint density at radius 1 is 1.21 bits per heavy atom. The van der Waals surface area contributed by atoms with Crippen molar-refractivity contribution in [2.24, 2.45) is 4.99 Å². The van der Waals surface area contributed by atoms with Crippen molar-refractivity contribution < 1.29 is 0 Å². The first kappa shape index (κ1) is 7.62. The van der Waals surface area contributed by atoms with Crippen molar-refractivity contribution in [3.05, 3.63) is 36.5 Å². The summed E-state index contributed by atoms with van der Waals surface area (Å²) in [7, 11) is 2.05. The van der Waals surface area contributed by atoms with E-state index in [1.807, 2.05) is 6.20 Å². The maximum absolute atomic E-state index is 4.38. The molecule has 0 saturated carbocycles. The molecule has 2 aliphatic rings. The van der Waals surface area contributed by atoms with Crippen LogP contribution in [-0.4, -0.2) is 19.6 Å². The second kappa shape index (κ2) is 2.61. The standard InChI is InChI=1S/C11H11N3/c1-13-9-5-2-3-6-10(9)14-8-4-7-12-11(13)14/h2-7H,8H2,1H3. The van der Waals surface area contributed by atoms with E-state index in [1.165, 1.54) is 11.4 Å². The Kier molecular flexibility index (Phi) is 1.42. The van der Waals surface area contributed by atoms with Gasteiger partial charge in [-0.25, -0.2) is 4.99 Å². The molecule has 3 heteroatoms. The molecule has 0 amide bonds. The monoisotopic (exact) mass is 185 g/mol. The van der Waals surface area contributed by atoms with Crippen molar-refractivity contribution in [1.82, 2.24) is 0 Å². The van der Waals surface area contributed by atoms with Crippen LogP contribution in [0.3, 0.4) is 0 Å². The van der Waals surface area contributed by atoms with Crippen LogP contribution in [0.1, 0.15) is 0 Å². The summed E-state index contributed by atoms with van der Waals surface area (Å²) in [6, 6.07) is 8.37. The fraction of sp³-hybridized carbons (Fsp3) is 0.182. The number of nitrogens with zero attached hydrogens (tertiary/aromatic N) is 3. The van der Waals surface area contributed by atoms with Crippen LogP contribution in [0, 0.1) is 0 Å². The lowest BCUT2D eigenvalue weighted by Gasteiger charge is -2.21. The van der Waals surface area contributed by atoms with E-state index >= 15 is 0 Å². The van der Waals surface area contributed by atoms with Gasteiger partial charge in [-0.1, -0.05) is 12.1 Å². The van der Waals surface area contributed by atoms with Crippen LogP contribution in [-0.2, 0) is 0 Å². The van der Waals surface area contributed by atoms with Crippen molar-refractivity contribution in [3.63, 3.8) is 0 Å². The predicted molar refractivity (Wildman–Crippen MR) is 58.8 cm³/mol. The van der Waals surface area contributed by atoms with Crippen LogP contribution in [0.2, 0.25) is 0 Å². The third kappa shape index (κ3) is 0.839. The Labute approximate surface area is 83.0 Å². The van der Waals surface area contributed by atoms with E-state index in [-0.39, 0.29) is 0 Å². The summed E-state index contributed by atoms with van der Waals surface area (Å²) in [6.07, 6.45) is 3.94. The lowest BCUT2D eigenvalue weighted by Crippen LogP contribution is -2.37. The van der Waals surface area contributed by atoms with E-state index in [0.717, 1.165) is 12.5 Å². The van der Waals surface area contributed by atoms with Crippen LogP contribution < -0.4 is 9.80 Å². The van der Waals surface area contributed by atoms with Gasteiger partial charge in [-0.3, -0.25) is 0 Å². The van der Waals surface area contributed by atoms with Crippen LogP contribution in [0.5, 0.6) is 0 Å². The largest absolute Gasteiger partial charge is 0.313 e. The van der Waals surface area contributed by atoms with Crippen LogP contribution in [0.15, 0.2) is 41.5 Å². The van der Waals surface area contributed by atoms with Gasteiger partial charge in [0.2, 0.25) is 5.96 Å². The molecule has 0 N–H and O–H groups in total. The zero-order valence-electron chi connectivity index (χ0n) is 8.01. The second-order valence-corrected chi connectivity index (χ2v) is 3.47. The number of benzene rings is 1. The SMILES string of the molecule is CN1C2=NC=CCN2c2ccccc21. The molecule has 70 valence electrons. The molecule has 0 saturated heterocycles. The highest BCUT2D eigenvalue weighted by Gasteiger charge is 2.29. The van der Waals surface area contributed by atoms with E-state index in [1.54, 1.807) is 0 Å². The topological polar surface area (TPSA) is 18.8 Å². The number of rotatable bonds is 0. The van der Waals surface area contributed by atoms with Crippen molar-refractivity contribution in [2.45, 2.75) is 0 Å². The summed E-state index contributed by atoms with van der Waals surface area (Å²) in [5.41, 5.74) is 2.48. The van der Waals surface area contributed by atoms with Gasteiger partial charge in [0.1, 0.15) is 0 Å².